The van der Waals surface area contributed by atoms with E-state index >= 15 is 0 Å². The highest BCUT2D eigenvalue weighted by atomic mass is 16.7. The van der Waals surface area contributed by atoms with Gasteiger partial charge < -0.3 is 19.5 Å². The minimum absolute atomic E-state index is 0.0331. The number of hydrogen-bond donors (Lipinski definition) is 1. The zero-order valence-electron chi connectivity index (χ0n) is 15.5. The average Bonchev–Trinajstić information content (AvgIpc) is 3.14. The third kappa shape index (κ3) is 3.70. The van der Waals surface area contributed by atoms with Crippen LogP contribution in [0.3, 0.4) is 0 Å². The van der Waals surface area contributed by atoms with Gasteiger partial charge in [0.25, 0.3) is 0 Å². The Hall–Kier alpha value is -1.69. The molecule has 0 bridgehead atoms. The summed E-state index contributed by atoms with van der Waals surface area (Å²) >= 11 is 0. The van der Waals surface area contributed by atoms with E-state index in [4.69, 9.17) is 9.47 Å². The van der Waals surface area contributed by atoms with E-state index in [1.54, 1.807) is 0 Å². The molecule has 5 nitrogen and oxygen atoms in total. The molecule has 4 rings (SSSR count). The van der Waals surface area contributed by atoms with Crippen molar-refractivity contribution in [3.05, 3.63) is 35.5 Å². The first kappa shape index (κ1) is 17.7. The molecule has 1 aromatic heterocycles. The van der Waals surface area contributed by atoms with Gasteiger partial charge in [0.05, 0.1) is 24.8 Å². The summed E-state index contributed by atoms with van der Waals surface area (Å²) in [5.41, 5.74) is 4.09. The van der Waals surface area contributed by atoms with E-state index in [1.165, 1.54) is 18.5 Å². The first-order valence-corrected chi connectivity index (χ1v) is 9.75. The fourth-order valence-corrected chi connectivity index (χ4v) is 4.11. The number of nitrogens with zero attached hydrogens (tertiary/aromatic N) is 2. The lowest BCUT2D eigenvalue weighted by atomic mass is 10.1. The minimum Gasteiger partial charge on any atom is -0.392 e. The van der Waals surface area contributed by atoms with E-state index in [9.17, 15) is 5.11 Å². The predicted molar refractivity (Wildman–Crippen MR) is 102 cm³/mol. The number of aromatic nitrogens is 1. The smallest absolute Gasteiger partial charge is 0.157 e. The van der Waals surface area contributed by atoms with Gasteiger partial charge in [-0.1, -0.05) is 12.1 Å². The predicted octanol–water partition coefficient (Wildman–Crippen LogP) is 3.55. The van der Waals surface area contributed by atoms with E-state index in [1.807, 2.05) is 19.1 Å². The Morgan fingerprint density at radius 3 is 2.96 bits per heavy atom. The molecule has 2 atom stereocenters. The second-order valence-electron chi connectivity index (χ2n) is 7.41. The summed E-state index contributed by atoms with van der Waals surface area (Å²) in [6.07, 6.45) is 5.64. The first-order chi connectivity index (χ1) is 12.7. The molecule has 0 radical (unpaired) electrons. The molecule has 2 aliphatic heterocycles. The normalized spacial score (nSPS) is 23.7. The Bertz CT molecular complexity index is 758. The van der Waals surface area contributed by atoms with E-state index < -0.39 is 0 Å². The maximum absolute atomic E-state index is 9.42. The van der Waals surface area contributed by atoms with Gasteiger partial charge in [0, 0.05) is 29.9 Å². The number of hydrogen-bond acceptors (Lipinski definition) is 5. The van der Waals surface area contributed by atoms with Gasteiger partial charge in [-0.3, -0.25) is 4.98 Å². The third-order valence-electron chi connectivity index (χ3n) is 5.46. The standard InChI is InChI=1S/C21H28N2O3/c1-15-11-20(18-8-7-16(13-24)12-19(18)22-15)23-9-4-5-17(23)14-26-21-6-2-3-10-25-21/h7-8,11-12,17,21,24H,2-6,9-10,13-14H2,1H3. The first-order valence-electron chi connectivity index (χ1n) is 9.75. The number of ether oxygens (including phenoxy) is 2. The van der Waals surface area contributed by atoms with Crippen molar-refractivity contribution < 1.29 is 14.6 Å². The van der Waals surface area contributed by atoms with Crippen molar-refractivity contribution in [1.82, 2.24) is 4.98 Å². The molecular formula is C21H28N2O3. The van der Waals surface area contributed by atoms with Crippen LogP contribution in [0, 0.1) is 6.92 Å². The quantitative estimate of drug-likeness (QED) is 0.888. The second kappa shape index (κ2) is 7.91. The molecule has 0 amide bonds. The van der Waals surface area contributed by atoms with Crippen LogP contribution in [-0.2, 0) is 16.1 Å². The van der Waals surface area contributed by atoms with Crippen molar-refractivity contribution in [2.24, 2.45) is 0 Å². The third-order valence-corrected chi connectivity index (χ3v) is 5.46. The molecule has 2 aliphatic rings. The van der Waals surface area contributed by atoms with Crippen LogP contribution < -0.4 is 4.90 Å². The van der Waals surface area contributed by atoms with Gasteiger partial charge in [-0.25, -0.2) is 0 Å². The lowest BCUT2D eigenvalue weighted by Gasteiger charge is -2.30. The van der Waals surface area contributed by atoms with E-state index in [0.29, 0.717) is 12.6 Å². The Morgan fingerprint density at radius 2 is 2.15 bits per heavy atom. The summed E-state index contributed by atoms with van der Waals surface area (Å²) in [6, 6.07) is 8.62. The number of anilines is 1. The monoisotopic (exact) mass is 356 g/mol. The fraction of sp³-hybridized carbons (Fsp3) is 0.571. The van der Waals surface area contributed by atoms with Crippen LogP contribution in [-0.4, -0.2) is 42.2 Å². The maximum atomic E-state index is 9.42. The lowest BCUT2D eigenvalue weighted by molar-refractivity contribution is -0.164. The van der Waals surface area contributed by atoms with Crippen molar-refractivity contribution in [3.8, 4) is 0 Å². The lowest BCUT2D eigenvalue weighted by Crippen LogP contribution is -2.36. The number of aliphatic hydroxyl groups is 1. The van der Waals surface area contributed by atoms with Crippen LogP contribution in [0.1, 0.15) is 43.4 Å². The summed E-state index contributed by atoms with van der Waals surface area (Å²) in [6.45, 7) is 4.65. The summed E-state index contributed by atoms with van der Waals surface area (Å²) in [5.74, 6) is 0. The molecule has 2 aromatic rings. The van der Waals surface area contributed by atoms with Crippen LogP contribution in [0.2, 0.25) is 0 Å². The zero-order valence-corrected chi connectivity index (χ0v) is 15.5. The Balaban J connectivity index is 1.56. The average molecular weight is 356 g/mol. The SMILES string of the molecule is Cc1cc(N2CCCC2COC2CCCCO2)c2ccc(CO)cc2n1. The number of benzene rings is 1. The molecule has 2 fully saturated rings. The molecule has 26 heavy (non-hydrogen) atoms. The summed E-state index contributed by atoms with van der Waals surface area (Å²) < 4.78 is 11.8. The molecule has 1 aromatic carbocycles. The molecule has 3 heterocycles. The summed E-state index contributed by atoms with van der Waals surface area (Å²) in [5, 5.41) is 10.6. The van der Waals surface area contributed by atoms with Gasteiger partial charge in [-0.2, -0.15) is 0 Å². The van der Waals surface area contributed by atoms with Crippen LogP contribution in [0.25, 0.3) is 10.9 Å². The van der Waals surface area contributed by atoms with E-state index in [-0.39, 0.29) is 12.9 Å². The topological polar surface area (TPSA) is 54.8 Å². The van der Waals surface area contributed by atoms with Crippen LogP contribution in [0.4, 0.5) is 5.69 Å². The number of aryl methyl sites for hydroxylation is 1. The molecule has 2 saturated heterocycles. The minimum atomic E-state index is -0.0331. The Kier molecular flexibility index (Phi) is 5.38. The Labute approximate surface area is 154 Å². The molecule has 1 N–H and O–H groups in total. The van der Waals surface area contributed by atoms with Crippen LogP contribution in [0.5, 0.6) is 0 Å². The molecule has 0 spiro atoms. The zero-order chi connectivity index (χ0) is 17.9. The molecular weight excluding hydrogens is 328 g/mol. The number of rotatable bonds is 5. The molecule has 0 aliphatic carbocycles. The summed E-state index contributed by atoms with van der Waals surface area (Å²) in [4.78, 5) is 7.14. The van der Waals surface area contributed by atoms with Gasteiger partial charge in [-0.15, -0.1) is 0 Å². The second-order valence-corrected chi connectivity index (χ2v) is 7.41. The maximum Gasteiger partial charge on any atom is 0.157 e. The van der Waals surface area contributed by atoms with E-state index in [2.05, 4.69) is 22.0 Å². The largest absolute Gasteiger partial charge is 0.392 e. The molecule has 5 heteroatoms. The van der Waals surface area contributed by atoms with Crippen molar-refractivity contribution in [1.29, 1.82) is 0 Å². The van der Waals surface area contributed by atoms with Gasteiger partial charge in [0.1, 0.15) is 0 Å². The van der Waals surface area contributed by atoms with Gasteiger partial charge in [-0.05, 0) is 56.7 Å². The highest BCUT2D eigenvalue weighted by molar-refractivity contribution is 5.92. The molecule has 2 unspecified atom stereocenters. The molecule has 140 valence electrons. The van der Waals surface area contributed by atoms with Crippen molar-refractivity contribution in [2.75, 3.05) is 24.7 Å². The number of pyridine rings is 1. The Morgan fingerprint density at radius 1 is 1.23 bits per heavy atom. The highest BCUT2D eigenvalue weighted by Gasteiger charge is 2.28. The van der Waals surface area contributed by atoms with E-state index in [0.717, 1.165) is 54.6 Å². The summed E-state index contributed by atoms with van der Waals surface area (Å²) in [7, 11) is 0. The van der Waals surface area contributed by atoms with Crippen LogP contribution >= 0.6 is 0 Å². The van der Waals surface area contributed by atoms with Crippen LogP contribution in [0.15, 0.2) is 24.3 Å². The van der Waals surface area contributed by atoms with Gasteiger partial charge in [0.2, 0.25) is 0 Å². The number of aliphatic hydroxyl groups excluding tert-OH is 1. The van der Waals surface area contributed by atoms with Crippen molar-refractivity contribution >= 4 is 16.6 Å². The van der Waals surface area contributed by atoms with Crippen molar-refractivity contribution in [2.45, 2.75) is 58.0 Å². The highest BCUT2D eigenvalue weighted by Crippen LogP contribution is 2.33. The number of fused-ring (bicyclic) bond motifs is 1. The van der Waals surface area contributed by atoms with Crippen molar-refractivity contribution in [3.63, 3.8) is 0 Å². The molecule has 0 saturated carbocycles. The van der Waals surface area contributed by atoms with Gasteiger partial charge >= 0.3 is 0 Å². The fourth-order valence-electron chi connectivity index (χ4n) is 4.11. The van der Waals surface area contributed by atoms with Gasteiger partial charge in [0.15, 0.2) is 6.29 Å².